The number of nitrogens with zero attached hydrogens (tertiary/aromatic N) is 1. The topological polar surface area (TPSA) is 66.5 Å². The highest BCUT2D eigenvalue weighted by molar-refractivity contribution is 9.10. The van der Waals surface area contributed by atoms with Gasteiger partial charge in [0.15, 0.2) is 0 Å². The predicted octanol–water partition coefficient (Wildman–Crippen LogP) is 7.05. The zero-order valence-electron chi connectivity index (χ0n) is 16.5. The van der Waals surface area contributed by atoms with Crippen LogP contribution in [0, 0.1) is 0 Å². The van der Waals surface area contributed by atoms with Crippen molar-refractivity contribution in [3.8, 4) is 0 Å². The fourth-order valence-corrected chi connectivity index (χ4v) is 5.86. The Labute approximate surface area is 207 Å². The second-order valence-corrected chi connectivity index (χ2v) is 11.6. The molecule has 32 heavy (non-hydrogen) atoms. The molecule has 0 spiro atoms. The van der Waals surface area contributed by atoms with Crippen molar-refractivity contribution in [1.29, 1.82) is 0 Å². The van der Waals surface area contributed by atoms with E-state index < -0.39 is 10.0 Å². The molecule has 0 unspecified atom stereocenters. The summed E-state index contributed by atoms with van der Waals surface area (Å²) in [6, 6.07) is 18.3. The average Bonchev–Trinajstić information content (AvgIpc) is 3.19. The van der Waals surface area contributed by atoms with Gasteiger partial charge in [0.1, 0.15) is 0 Å². The molecule has 0 aliphatic rings. The van der Waals surface area contributed by atoms with Crippen molar-refractivity contribution in [2.24, 2.45) is 0 Å². The van der Waals surface area contributed by atoms with Crippen molar-refractivity contribution in [2.75, 3.05) is 16.7 Å². The van der Waals surface area contributed by atoms with Crippen LogP contribution in [0.3, 0.4) is 0 Å². The monoisotopic (exact) mass is 568 g/mol. The van der Waals surface area contributed by atoms with Crippen molar-refractivity contribution < 1.29 is 13.2 Å². The molecule has 10 heteroatoms. The molecular formula is C22H15BrCl2N2O3S2. The molecule has 1 amide bonds. The molecule has 1 aromatic heterocycles. The minimum absolute atomic E-state index is 0.188. The van der Waals surface area contributed by atoms with Crippen LogP contribution in [0.25, 0.3) is 10.1 Å². The first-order chi connectivity index (χ1) is 15.1. The minimum atomic E-state index is -3.72. The van der Waals surface area contributed by atoms with Gasteiger partial charge >= 0.3 is 0 Å². The highest BCUT2D eigenvalue weighted by atomic mass is 79.9. The van der Waals surface area contributed by atoms with E-state index in [1.807, 2.05) is 0 Å². The number of thiophene rings is 1. The van der Waals surface area contributed by atoms with Gasteiger partial charge in [0.2, 0.25) is 0 Å². The van der Waals surface area contributed by atoms with E-state index in [0.29, 0.717) is 26.3 Å². The number of fused-ring (bicyclic) bond motifs is 1. The SMILES string of the molecule is CN(c1ccc2sc(C(=O)Nc3ccc(Cl)cc3Cl)cc2c1)S(=O)(=O)c1ccc(Br)cc1. The minimum Gasteiger partial charge on any atom is -0.320 e. The molecule has 4 aromatic rings. The molecule has 4 rings (SSSR count). The van der Waals surface area contributed by atoms with Crippen LogP contribution in [0.5, 0.6) is 0 Å². The van der Waals surface area contributed by atoms with Gasteiger partial charge in [-0.1, -0.05) is 39.1 Å². The van der Waals surface area contributed by atoms with Crippen LogP contribution in [-0.4, -0.2) is 21.4 Å². The summed E-state index contributed by atoms with van der Waals surface area (Å²) in [4.78, 5) is 13.4. The summed E-state index contributed by atoms with van der Waals surface area (Å²) in [6.07, 6.45) is 0. The number of carbonyl (C=O) groups is 1. The third-order valence-corrected chi connectivity index (χ3v) is 8.73. The number of hydrogen-bond acceptors (Lipinski definition) is 4. The van der Waals surface area contributed by atoms with Gasteiger partial charge in [-0.2, -0.15) is 0 Å². The van der Waals surface area contributed by atoms with Crippen molar-refractivity contribution in [1.82, 2.24) is 0 Å². The number of nitrogens with one attached hydrogen (secondary N) is 1. The number of sulfonamides is 1. The van der Waals surface area contributed by atoms with E-state index in [1.54, 1.807) is 66.7 Å². The van der Waals surface area contributed by atoms with E-state index in [0.717, 1.165) is 14.6 Å². The molecule has 0 saturated heterocycles. The Balaban J connectivity index is 1.61. The fraction of sp³-hybridized carbons (Fsp3) is 0.0455. The lowest BCUT2D eigenvalue weighted by atomic mass is 10.2. The summed E-state index contributed by atoms with van der Waals surface area (Å²) in [5.41, 5.74) is 0.949. The summed E-state index contributed by atoms with van der Waals surface area (Å²) in [5, 5.41) is 4.35. The van der Waals surface area contributed by atoms with Crippen molar-refractivity contribution in [3.63, 3.8) is 0 Å². The van der Waals surface area contributed by atoms with Crippen LogP contribution in [0.2, 0.25) is 10.0 Å². The van der Waals surface area contributed by atoms with E-state index in [4.69, 9.17) is 23.2 Å². The van der Waals surface area contributed by atoms with E-state index in [-0.39, 0.29) is 10.8 Å². The second kappa shape index (κ2) is 9.03. The van der Waals surface area contributed by atoms with Crippen molar-refractivity contribution >= 4 is 87.9 Å². The van der Waals surface area contributed by atoms with Gasteiger partial charge in [-0.25, -0.2) is 8.42 Å². The lowest BCUT2D eigenvalue weighted by Crippen LogP contribution is -2.26. The summed E-state index contributed by atoms with van der Waals surface area (Å²) in [7, 11) is -2.22. The van der Waals surface area contributed by atoms with Gasteiger partial charge in [0, 0.05) is 21.2 Å². The third kappa shape index (κ3) is 4.65. The molecule has 0 bridgehead atoms. The molecule has 0 atom stereocenters. The van der Waals surface area contributed by atoms with Crippen LogP contribution >= 0.6 is 50.5 Å². The Morgan fingerprint density at radius 1 is 1.00 bits per heavy atom. The molecule has 0 fully saturated rings. The maximum Gasteiger partial charge on any atom is 0.265 e. The van der Waals surface area contributed by atoms with E-state index in [1.165, 1.54) is 22.7 Å². The average molecular weight is 570 g/mol. The summed E-state index contributed by atoms with van der Waals surface area (Å²) < 4.78 is 28.8. The zero-order valence-corrected chi connectivity index (χ0v) is 21.2. The maximum atomic E-state index is 13.0. The summed E-state index contributed by atoms with van der Waals surface area (Å²) in [6.45, 7) is 0. The number of anilines is 2. The molecule has 0 aliphatic heterocycles. The number of hydrogen-bond donors (Lipinski definition) is 1. The van der Waals surface area contributed by atoms with Gasteiger partial charge in [-0.05, 0) is 72.1 Å². The molecule has 0 aliphatic carbocycles. The first kappa shape index (κ1) is 23.1. The highest BCUT2D eigenvalue weighted by Crippen LogP contribution is 2.32. The summed E-state index contributed by atoms with van der Waals surface area (Å²) >= 11 is 16.6. The number of halogens is 3. The molecule has 5 nitrogen and oxygen atoms in total. The Bertz CT molecular complexity index is 1440. The van der Waals surface area contributed by atoms with Crippen LogP contribution < -0.4 is 9.62 Å². The number of rotatable bonds is 5. The first-order valence-electron chi connectivity index (χ1n) is 9.19. The van der Waals surface area contributed by atoms with Crippen molar-refractivity contribution in [2.45, 2.75) is 4.90 Å². The maximum absolute atomic E-state index is 13.0. The standard InChI is InChI=1S/C22H15BrCl2N2O3S2/c1-27(32(29,30)17-6-2-14(23)3-7-17)16-5-9-20-13(10-16)11-21(31-20)22(28)26-19-8-4-15(24)12-18(19)25/h2-12H,1H3,(H,26,28). The Morgan fingerprint density at radius 2 is 1.72 bits per heavy atom. The van der Waals surface area contributed by atoms with Crippen LogP contribution in [0.1, 0.15) is 9.67 Å². The first-order valence-corrected chi connectivity index (χ1v) is 13.0. The van der Waals surface area contributed by atoms with Gasteiger partial charge < -0.3 is 5.32 Å². The number of amides is 1. The third-order valence-electron chi connectivity index (χ3n) is 4.74. The van der Waals surface area contributed by atoms with E-state index >= 15 is 0 Å². The van der Waals surface area contributed by atoms with Crippen LogP contribution in [0.15, 0.2) is 76.1 Å². The van der Waals surface area contributed by atoms with Gasteiger partial charge in [-0.15, -0.1) is 11.3 Å². The molecule has 164 valence electrons. The molecule has 0 saturated carbocycles. The lowest BCUT2D eigenvalue weighted by Gasteiger charge is -2.19. The van der Waals surface area contributed by atoms with E-state index in [2.05, 4.69) is 21.2 Å². The summed E-state index contributed by atoms with van der Waals surface area (Å²) in [5.74, 6) is -0.312. The van der Waals surface area contributed by atoms with Gasteiger partial charge in [0.05, 0.1) is 26.2 Å². The quantitative estimate of drug-likeness (QED) is 0.280. The second-order valence-electron chi connectivity index (χ2n) is 6.84. The van der Waals surface area contributed by atoms with Gasteiger partial charge in [-0.3, -0.25) is 9.10 Å². The molecule has 1 N–H and O–H groups in total. The lowest BCUT2D eigenvalue weighted by molar-refractivity contribution is 0.103. The highest BCUT2D eigenvalue weighted by Gasteiger charge is 2.22. The van der Waals surface area contributed by atoms with Gasteiger partial charge in [0.25, 0.3) is 15.9 Å². The van der Waals surface area contributed by atoms with E-state index in [9.17, 15) is 13.2 Å². The van der Waals surface area contributed by atoms with Crippen LogP contribution in [0.4, 0.5) is 11.4 Å². The molecule has 0 radical (unpaired) electrons. The predicted molar refractivity (Wildman–Crippen MR) is 136 cm³/mol. The molecule has 3 aromatic carbocycles. The van der Waals surface area contributed by atoms with Crippen LogP contribution in [-0.2, 0) is 10.0 Å². The number of carbonyl (C=O) groups excluding carboxylic acids is 1. The van der Waals surface area contributed by atoms with Crippen molar-refractivity contribution in [3.05, 3.63) is 86.1 Å². The Morgan fingerprint density at radius 3 is 2.41 bits per heavy atom. The fourth-order valence-electron chi connectivity index (χ4n) is 3.02. The molecule has 1 heterocycles. The normalized spacial score (nSPS) is 11.5. The molecular weight excluding hydrogens is 555 g/mol. The Kier molecular flexibility index (Phi) is 6.51. The zero-order chi connectivity index (χ0) is 23.0. The smallest absolute Gasteiger partial charge is 0.265 e. The largest absolute Gasteiger partial charge is 0.320 e. The number of benzene rings is 3. The Hall–Kier alpha value is -2.10.